The predicted molar refractivity (Wildman–Crippen MR) is 98.0 cm³/mol. The monoisotopic (exact) mass is 424 g/mol. The molecule has 5 nitrogen and oxygen atoms in total. The normalized spacial score (nSPS) is 10.7. The van der Waals surface area contributed by atoms with Gasteiger partial charge in [-0.2, -0.15) is 5.10 Å². The van der Waals surface area contributed by atoms with E-state index >= 15 is 0 Å². The number of carbonyl (C=O) groups excluding carboxylic acids is 1. The van der Waals surface area contributed by atoms with E-state index in [0.717, 1.165) is 14.7 Å². The number of hydrogen-bond donors (Lipinski definition) is 2. The minimum Gasteiger partial charge on any atom is -0.507 e. The van der Waals surface area contributed by atoms with Gasteiger partial charge in [-0.1, -0.05) is 17.7 Å². The number of aromatic hydroxyl groups is 1. The molecule has 2 N–H and O–H groups in total. The van der Waals surface area contributed by atoms with Crippen LogP contribution in [0.4, 0.5) is 0 Å². The standard InChI is InChI=1S/C17H17IN2O3/c1-11-3-6-16(12(2)7-11)23-10-17(22)20-19-9-13-8-14(18)4-5-15(13)21/h3-9,21H,10H2,1-2H3,(H,20,22)/b19-9+. The van der Waals surface area contributed by atoms with Gasteiger partial charge in [0, 0.05) is 9.13 Å². The summed E-state index contributed by atoms with van der Waals surface area (Å²) in [5, 5.41) is 13.5. The third kappa shape index (κ3) is 5.24. The third-order valence-electron chi connectivity index (χ3n) is 3.07. The predicted octanol–water partition coefficient (Wildman–Crippen LogP) is 3.14. The number of carbonyl (C=O) groups is 1. The summed E-state index contributed by atoms with van der Waals surface area (Å²) in [5.74, 6) is 0.409. The zero-order valence-corrected chi connectivity index (χ0v) is 15.0. The first-order valence-corrected chi connectivity index (χ1v) is 8.04. The van der Waals surface area contributed by atoms with Crippen molar-refractivity contribution in [3.05, 3.63) is 56.7 Å². The van der Waals surface area contributed by atoms with Gasteiger partial charge in [0.1, 0.15) is 11.5 Å². The van der Waals surface area contributed by atoms with Crippen molar-refractivity contribution in [1.82, 2.24) is 5.43 Å². The molecule has 0 spiro atoms. The van der Waals surface area contributed by atoms with Gasteiger partial charge in [-0.05, 0) is 66.3 Å². The van der Waals surface area contributed by atoms with Crippen molar-refractivity contribution in [3.8, 4) is 11.5 Å². The van der Waals surface area contributed by atoms with Crippen molar-refractivity contribution in [3.63, 3.8) is 0 Å². The Morgan fingerprint density at radius 3 is 2.83 bits per heavy atom. The number of hydrogen-bond acceptors (Lipinski definition) is 4. The SMILES string of the molecule is Cc1ccc(OCC(=O)N/N=C/c2cc(I)ccc2O)c(C)c1. The van der Waals surface area contributed by atoms with Crippen molar-refractivity contribution in [2.75, 3.05) is 6.61 Å². The molecule has 0 aliphatic carbocycles. The second-order valence-corrected chi connectivity index (χ2v) is 6.30. The minimum atomic E-state index is -0.369. The Bertz CT molecular complexity index is 745. The Balaban J connectivity index is 1.87. The van der Waals surface area contributed by atoms with Crippen molar-refractivity contribution >= 4 is 34.7 Å². The average molecular weight is 424 g/mol. The molecular formula is C17H17IN2O3. The Kier molecular flexibility index (Phi) is 5.97. The van der Waals surface area contributed by atoms with Crippen molar-refractivity contribution in [2.45, 2.75) is 13.8 Å². The first-order chi connectivity index (χ1) is 11.0. The summed E-state index contributed by atoms with van der Waals surface area (Å²) in [7, 11) is 0. The maximum Gasteiger partial charge on any atom is 0.277 e. The Labute approximate surface area is 148 Å². The maximum absolute atomic E-state index is 11.7. The summed E-state index contributed by atoms with van der Waals surface area (Å²) < 4.78 is 6.43. The molecule has 0 radical (unpaired) electrons. The highest BCUT2D eigenvalue weighted by Gasteiger charge is 2.04. The van der Waals surface area contributed by atoms with Crippen molar-refractivity contribution in [2.24, 2.45) is 5.10 Å². The fourth-order valence-electron chi connectivity index (χ4n) is 1.94. The van der Waals surface area contributed by atoms with E-state index in [4.69, 9.17) is 4.74 Å². The number of hydrazone groups is 1. The van der Waals surface area contributed by atoms with Gasteiger partial charge in [0.15, 0.2) is 6.61 Å². The molecule has 2 rings (SSSR count). The third-order valence-corrected chi connectivity index (χ3v) is 3.74. The van der Waals surface area contributed by atoms with Crippen LogP contribution in [0.1, 0.15) is 16.7 Å². The van der Waals surface area contributed by atoms with Gasteiger partial charge in [0.05, 0.1) is 6.21 Å². The molecule has 0 saturated carbocycles. The van der Waals surface area contributed by atoms with Crippen LogP contribution in [0.5, 0.6) is 11.5 Å². The van der Waals surface area contributed by atoms with Crippen LogP contribution >= 0.6 is 22.6 Å². The summed E-state index contributed by atoms with van der Waals surface area (Å²) in [6.07, 6.45) is 1.40. The highest BCUT2D eigenvalue weighted by molar-refractivity contribution is 14.1. The molecule has 0 aliphatic heterocycles. The summed E-state index contributed by atoms with van der Waals surface area (Å²) in [6, 6.07) is 10.9. The highest BCUT2D eigenvalue weighted by Crippen LogP contribution is 2.19. The molecule has 6 heteroatoms. The number of aryl methyl sites for hydroxylation is 2. The van der Waals surface area contributed by atoms with Crippen LogP contribution in [-0.4, -0.2) is 23.8 Å². The number of nitrogens with one attached hydrogen (secondary N) is 1. The lowest BCUT2D eigenvalue weighted by Gasteiger charge is -2.08. The van der Waals surface area contributed by atoms with E-state index < -0.39 is 0 Å². The molecule has 0 aliphatic rings. The second-order valence-electron chi connectivity index (χ2n) is 5.05. The average Bonchev–Trinajstić information content (AvgIpc) is 2.50. The summed E-state index contributed by atoms with van der Waals surface area (Å²) in [4.78, 5) is 11.7. The van der Waals surface area contributed by atoms with E-state index in [9.17, 15) is 9.90 Å². The van der Waals surface area contributed by atoms with Gasteiger partial charge >= 0.3 is 0 Å². The van der Waals surface area contributed by atoms with Gasteiger partial charge in [-0.3, -0.25) is 4.79 Å². The van der Waals surface area contributed by atoms with Crippen LogP contribution in [-0.2, 0) is 4.79 Å². The van der Waals surface area contributed by atoms with E-state index in [1.165, 1.54) is 6.21 Å². The van der Waals surface area contributed by atoms with E-state index in [1.807, 2.05) is 32.0 Å². The fraction of sp³-hybridized carbons (Fsp3) is 0.176. The molecule has 0 fully saturated rings. The number of ether oxygens (including phenoxy) is 1. The summed E-state index contributed by atoms with van der Waals surface area (Å²) in [6.45, 7) is 3.80. The largest absolute Gasteiger partial charge is 0.507 e. The van der Waals surface area contributed by atoms with Crippen LogP contribution in [0.15, 0.2) is 41.5 Å². The van der Waals surface area contributed by atoms with Gasteiger partial charge in [-0.15, -0.1) is 0 Å². The van der Waals surface area contributed by atoms with Crippen LogP contribution in [0, 0.1) is 17.4 Å². The zero-order valence-electron chi connectivity index (χ0n) is 12.8. The van der Waals surface area contributed by atoms with Crippen LogP contribution in [0.2, 0.25) is 0 Å². The Morgan fingerprint density at radius 1 is 1.30 bits per heavy atom. The Morgan fingerprint density at radius 2 is 2.09 bits per heavy atom. The molecule has 0 unspecified atom stereocenters. The van der Waals surface area contributed by atoms with Crippen LogP contribution in [0.3, 0.4) is 0 Å². The summed E-state index contributed by atoms with van der Waals surface area (Å²) >= 11 is 2.13. The molecule has 2 aromatic rings. The zero-order chi connectivity index (χ0) is 16.8. The molecule has 120 valence electrons. The lowest BCUT2D eigenvalue weighted by atomic mass is 10.1. The lowest BCUT2D eigenvalue weighted by molar-refractivity contribution is -0.123. The van der Waals surface area contributed by atoms with E-state index in [-0.39, 0.29) is 18.3 Å². The number of phenols is 1. The molecule has 1 amide bonds. The molecule has 0 bridgehead atoms. The minimum absolute atomic E-state index is 0.106. The molecule has 0 saturated heterocycles. The topological polar surface area (TPSA) is 70.9 Å². The van der Waals surface area contributed by atoms with Crippen molar-refractivity contribution < 1.29 is 14.6 Å². The van der Waals surface area contributed by atoms with E-state index in [2.05, 4.69) is 33.1 Å². The lowest BCUT2D eigenvalue weighted by Crippen LogP contribution is -2.24. The number of phenolic OH excluding ortho intramolecular Hbond substituents is 1. The van der Waals surface area contributed by atoms with Gasteiger partial charge < -0.3 is 9.84 Å². The van der Waals surface area contributed by atoms with Gasteiger partial charge in [0.25, 0.3) is 5.91 Å². The van der Waals surface area contributed by atoms with Gasteiger partial charge in [-0.25, -0.2) is 5.43 Å². The molecule has 2 aromatic carbocycles. The molecule has 23 heavy (non-hydrogen) atoms. The van der Waals surface area contributed by atoms with E-state index in [0.29, 0.717) is 11.3 Å². The highest BCUT2D eigenvalue weighted by atomic mass is 127. The number of halogens is 1. The number of nitrogens with zero attached hydrogens (tertiary/aromatic N) is 1. The number of benzene rings is 2. The fourth-order valence-corrected chi connectivity index (χ4v) is 2.45. The molecule has 0 aromatic heterocycles. The van der Waals surface area contributed by atoms with Crippen LogP contribution in [0.25, 0.3) is 0 Å². The van der Waals surface area contributed by atoms with Gasteiger partial charge in [0.2, 0.25) is 0 Å². The van der Waals surface area contributed by atoms with Crippen molar-refractivity contribution in [1.29, 1.82) is 0 Å². The first-order valence-electron chi connectivity index (χ1n) is 6.96. The van der Waals surface area contributed by atoms with Crippen LogP contribution < -0.4 is 10.2 Å². The molecule has 0 heterocycles. The first kappa shape index (κ1) is 17.3. The molecular weight excluding hydrogens is 407 g/mol. The Hall–Kier alpha value is -2.09. The maximum atomic E-state index is 11.7. The number of rotatable bonds is 5. The molecule has 0 atom stereocenters. The van der Waals surface area contributed by atoms with E-state index in [1.54, 1.807) is 18.2 Å². The summed E-state index contributed by atoms with van der Waals surface area (Å²) in [5.41, 5.74) is 5.02. The quantitative estimate of drug-likeness (QED) is 0.440. The smallest absolute Gasteiger partial charge is 0.277 e. The number of amides is 1. The second kappa shape index (κ2) is 7.96.